The van der Waals surface area contributed by atoms with Crippen molar-refractivity contribution in [1.82, 2.24) is 4.90 Å². The third-order valence-electron chi connectivity index (χ3n) is 3.02. The monoisotopic (exact) mass is 343 g/mol. The summed E-state index contributed by atoms with van der Waals surface area (Å²) in [5, 5.41) is 9.60. The van der Waals surface area contributed by atoms with Gasteiger partial charge in [0.1, 0.15) is 11.8 Å². The van der Waals surface area contributed by atoms with Gasteiger partial charge in [0.05, 0.1) is 13.2 Å². The highest BCUT2D eigenvalue weighted by atomic mass is 79.9. The van der Waals surface area contributed by atoms with Crippen LogP contribution in [-0.4, -0.2) is 47.7 Å². The van der Waals surface area contributed by atoms with Gasteiger partial charge in [0.15, 0.2) is 4.67 Å². The van der Waals surface area contributed by atoms with E-state index in [4.69, 9.17) is 4.42 Å². The van der Waals surface area contributed by atoms with Crippen molar-refractivity contribution in [3.05, 3.63) is 28.6 Å². The molecular formula is C13H14BrNO5. The maximum absolute atomic E-state index is 12.1. The number of carbonyl (C=O) groups excluding carboxylic acids is 2. The molecule has 1 N–H and O–H groups in total. The van der Waals surface area contributed by atoms with Crippen molar-refractivity contribution in [2.75, 3.05) is 13.7 Å². The molecule has 1 aliphatic rings. The summed E-state index contributed by atoms with van der Waals surface area (Å²) in [6.45, 7) is 0.116. The number of furan rings is 1. The van der Waals surface area contributed by atoms with Crippen LogP contribution in [0.2, 0.25) is 0 Å². The highest BCUT2D eigenvalue weighted by Gasteiger charge is 2.38. The molecule has 2 atom stereocenters. The van der Waals surface area contributed by atoms with Crippen LogP contribution in [0.4, 0.5) is 0 Å². The predicted molar refractivity (Wildman–Crippen MR) is 73.6 cm³/mol. The topological polar surface area (TPSA) is 80.0 Å². The molecule has 0 saturated carbocycles. The van der Waals surface area contributed by atoms with E-state index in [0.717, 1.165) is 0 Å². The van der Waals surface area contributed by atoms with E-state index in [1.807, 2.05) is 0 Å². The number of nitrogens with zero attached hydrogens (tertiary/aromatic N) is 1. The van der Waals surface area contributed by atoms with Gasteiger partial charge in [0.2, 0.25) is 5.91 Å². The second kappa shape index (κ2) is 6.23. The van der Waals surface area contributed by atoms with Crippen LogP contribution in [-0.2, 0) is 14.3 Å². The molecule has 0 spiro atoms. The second-order valence-corrected chi connectivity index (χ2v) is 5.18. The summed E-state index contributed by atoms with van der Waals surface area (Å²) < 4.78 is 10.4. The normalized spacial score (nSPS) is 22.4. The molecule has 1 fully saturated rings. The number of rotatable bonds is 3. The molecule has 1 aromatic rings. The number of likely N-dealkylation sites (tertiary alicyclic amines) is 1. The van der Waals surface area contributed by atoms with Crippen LogP contribution in [0.5, 0.6) is 0 Å². The molecule has 1 saturated heterocycles. The Morgan fingerprint density at radius 2 is 2.30 bits per heavy atom. The number of aliphatic hydroxyl groups is 1. The number of hydrogen-bond acceptors (Lipinski definition) is 5. The van der Waals surface area contributed by atoms with Gasteiger partial charge >= 0.3 is 5.97 Å². The molecule has 1 amide bonds. The van der Waals surface area contributed by atoms with E-state index in [1.165, 1.54) is 24.2 Å². The number of β-amino-alcohol motifs (C(OH)–C–C–N with tert-alkyl or cyclic N) is 1. The smallest absolute Gasteiger partial charge is 0.328 e. The second-order valence-electron chi connectivity index (χ2n) is 4.39. The first-order chi connectivity index (χ1) is 9.51. The molecule has 20 heavy (non-hydrogen) atoms. The first kappa shape index (κ1) is 14.8. The van der Waals surface area contributed by atoms with Crippen molar-refractivity contribution >= 4 is 33.9 Å². The average molecular weight is 344 g/mol. The van der Waals surface area contributed by atoms with E-state index in [2.05, 4.69) is 20.7 Å². The average Bonchev–Trinajstić information content (AvgIpc) is 3.01. The molecule has 1 aliphatic heterocycles. The molecule has 0 radical (unpaired) electrons. The van der Waals surface area contributed by atoms with Gasteiger partial charge in [-0.05, 0) is 34.1 Å². The Morgan fingerprint density at radius 1 is 1.55 bits per heavy atom. The molecule has 6 nitrogen and oxygen atoms in total. The SMILES string of the molecule is COC(=O)C1CC(O)CN1C(=O)/C=C/c1ccc(Br)o1. The lowest BCUT2D eigenvalue weighted by atomic mass is 10.2. The van der Waals surface area contributed by atoms with Gasteiger partial charge in [0, 0.05) is 19.0 Å². The van der Waals surface area contributed by atoms with Crippen LogP contribution in [0, 0.1) is 0 Å². The Bertz CT molecular complexity index is 539. The Hall–Kier alpha value is -1.60. The van der Waals surface area contributed by atoms with Gasteiger partial charge in [-0.15, -0.1) is 0 Å². The van der Waals surface area contributed by atoms with E-state index in [-0.39, 0.29) is 18.9 Å². The van der Waals surface area contributed by atoms with Gasteiger partial charge in [0.25, 0.3) is 0 Å². The molecule has 2 unspecified atom stereocenters. The number of carbonyl (C=O) groups is 2. The fraction of sp³-hybridized carbons (Fsp3) is 0.385. The molecule has 1 aromatic heterocycles. The first-order valence-corrected chi connectivity index (χ1v) is 6.80. The number of halogens is 1. The highest BCUT2D eigenvalue weighted by molar-refractivity contribution is 9.10. The zero-order valence-electron chi connectivity index (χ0n) is 10.8. The fourth-order valence-electron chi connectivity index (χ4n) is 2.08. The van der Waals surface area contributed by atoms with Crippen molar-refractivity contribution in [3.63, 3.8) is 0 Å². The van der Waals surface area contributed by atoms with E-state index in [0.29, 0.717) is 10.4 Å². The third-order valence-corrected chi connectivity index (χ3v) is 3.45. The third kappa shape index (κ3) is 3.29. The van der Waals surface area contributed by atoms with Gasteiger partial charge in [-0.25, -0.2) is 4.79 Å². The van der Waals surface area contributed by atoms with E-state index < -0.39 is 18.1 Å². The largest absolute Gasteiger partial charge is 0.467 e. The van der Waals surface area contributed by atoms with Crippen LogP contribution in [0.25, 0.3) is 6.08 Å². The molecule has 2 heterocycles. The standard InChI is InChI=1S/C13H14BrNO5/c1-19-13(18)10-6-8(16)7-15(10)12(17)5-3-9-2-4-11(14)20-9/h2-5,8,10,16H,6-7H2,1H3/b5-3+. The summed E-state index contributed by atoms with van der Waals surface area (Å²) in [4.78, 5) is 24.9. The van der Waals surface area contributed by atoms with Gasteiger partial charge in [-0.3, -0.25) is 4.79 Å². The summed E-state index contributed by atoms with van der Waals surface area (Å²) in [5.41, 5.74) is 0. The fourth-order valence-corrected chi connectivity index (χ4v) is 2.40. The maximum atomic E-state index is 12.1. The maximum Gasteiger partial charge on any atom is 0.328 e. The lowest BCUT2D eigenvalue weighted by molar-refractivity contribution is -0.149. The van der Waals surface area contributed by atoms with Crippen molar-refractivity contribution in [2.24, 2.45) is 0 Å². The van der Waals surface area contributed by atoms with Gasteiger partial charge < -0.3 is 19.2 Å². The van der Waals surface area contributed by atoms with Crippen molar-refractivity contribution in [3.8, 4) is 0 Å². The number of hydrogen-bond donors (Lipinski definition) is 1. The van der Waals surface area contributed by atoms with Crippen molar-refractivity contribution in [1.29, 1.82) is 0 Å². The van der Waals surface area contributed by atoms with Gasteiger partial charge in [-0.1, -0.05) is 0 Å². The summed E-state index contributed by atoms with van der Waals surface area (Å²) in [6, 6.07) is 2.67. The molecule has 7 heteroatoms. The van der Waals surface area contributed by atoms with Crippen LogP contribution in [0.3, 0.4) is 0 Å². The summed E-state index contributed by atoms with van der Waals surface area (Å²) in [5.74, 6) is -0.381. The highest BCUT2D eigenvalue weighted by Crippen LogP contribution is 2.20. The molecular weight excluding hydrogens is 330 g/mol. The van der Waals surface area contributed by atoms with Crippen LogP contribution in [0.1, 0.15) is 12.2 Å². The Kier molecular flexibility index (Phi) is 4.61. The zero-order valence-corrected chi connectivity index (χ0v) is 12.4. The van der Waals surface area contributed by atoms with Crippen LogP contribution >= 0.6 is 15.9 Å². The molecule has 108 valence electrons. The van der Waals surface area contributed by atoms with E-state index in [9.17, 15) is 14.7 Å². The number of aliphatic hydroxyl groups excluding tert-OH is 1. The van der Waals surface area contributed by atoms with E-state index in [1.54, 1.807) is 12.1 Å². The summed E-state index contributed by atoms with van der Waals surface area (Å²) in [6.07, 6.45) is 2.29. The Balaban J connectivity index is 2.07. The first-order valence-electron chi connectivity index (χ1n) is 6.01. The summed E-state index contributed by atoms with van der Waals surface area (Å²) >= 11 is 3.16. The van der Waals surface area contributed by atoms with Crippen LogP contribution < -0.4 is 0 Å². The van der Waals surface area contributed by atoms with E-state index >= 15 is 0 Å². The molecule has 0 aliphatic carbocycles. The van der Waals surface area contributed by atoms with Crippen molar-refractivity contribution in [2.45, 2.75) is 18.6 Å². The van der Waals surface area contributed by atoms with Crippen LogP contribution in [0.15, 0.2) is 27.3 Å². The minimum absolute atomic E-state index is 0.116. The predicted octanol–water partition coefficient (Wildman–Crippen LogP) is 1.19. The van der Waals surface area contributed by atoms with Gasteiger partial charge in [-0.2, -0.15) is 0 Å². The Morgan fingerprint density at radius 3 is 2.90 bits per heavy atom. The molecule has 0 aromatic carbocycles. The minimum atomic E-state index is -0.740. The quantitative estimate of drug-likeness (QED) is 0.658. The minimum Gasteiger partial charge on any atom is -0.467 e. The Labute approximate surface area is 124 Å². The molecule has 2 rings (SSSR count). The molecule has 0 bridgehead atoms. The van der Waals surface area contributed by atoms with Crippen molar-refractivity contribution < 1.29 is 23.8 Å². The lowest BCUT2D eigenvalue weighted by Gasteiger charge is -2.20. The summed E-state index contributed by atoms with van der Waals surface area (Å²) in [7, 11) is 1.26. The lowest BCUT2D eigenvalue weighted by Crippen LogP contribution is -2.40. The zero-order chi connectivity index (χ0) is 14.7. The number of esters is 1. The number of methoxy groups -OCH3 is 1. The number of ether oxygens (including phenoxy) is 1. The number of amides is 1.